The van der Waals surface area contributed by atoms with Crippen LogP contribution in [0.25, 0.3) is 0 Å². The highest BCUT2D eigenvalue weighted by molar-refractivity contribution is 6.31. The zero-order chi connectivity index (χ0) is 14.9. The summed E-state index contributed by atoms with van der Waals surface area (Å²) in [5, 5.41) is 23.6. The fourth-order valence-corrected chi connectivity index (χ4v) is 2.18. The van der Waals surface area contributed by atoms with Crippen LogP contribution in [0.4, 0.5) is 0 Å². The van der Waals surface area contributed by atoms with Crippen LogP contribution in [0.2, 0.25) is 0 Å². The molecule has 0 spiro atoms. The normalized spacial score (nSPS) is 22.1. The highest BCUT2D eigenvalue weighted by Crippen LogP contribution is 2.28. The quantitative estimate of drug-likeness (QED) is 0.640. The van der Waals surface area contributed by atoms with Crippen molar-refractivity contribution in [3.05, 3.63) is 30.3 Å². The molecule has 0 aromatic heterocycles. The molecule has 2 N–H and O–H groups in total. The Morgan fingerprint density at radius 3 is 2.50 bits per heavy atom. The number of carbonyl (C=O) groups excluding carboxylic acids is 1. The minimum Gasteiger partial charge on any atom is -0.379 e. The van der Waals surface area contributed by atoms with Crippen LogP contribution in [0.15, 0.2) is 35.4 Å². The topological polar surface area (TPSA) is 89.2 Å². The van der Waals surface area contributed by atoms with E-state index in [-0.39, 0.29) is 11.4 Å². The van der Waals surface area contributed by atoms with E-state index in [0.29, 0.717) is 11.0 Å². The summed E-state index contributed by atoms with van der Waals surface area (Å²) >= 11 is 0. The Bertz CT molecular complexity index is 572. The van der Waals surface area contributed by atoms with Gasteiger partial charge in [-0.15, -0.1) is 0 Å². The van der Waals surface area contributed by atoms with Crippen molar-refractivity contribution in [1.82, 2.24) is 10.2 Å². The predicted octanol–water partition coefficient (Wildman–Crippen LogP) is 1.30. The molecule has 1 atom stereocenters. The van der Waals surface area contributed by atoms with Crippen LogP contribution in [0, 0.1) is 5.41 Å². The van der Waals surface area contributed by atoms with E-state index in [4.69, 9.17) is 10.2 Å². The molecule has 1 aliphatic heterocycles. The first-order chi connectivity index (χ1) is 9.40. The lowest BCUT2D eigenvalue weighted by Crippen LogP contribution is -2.63. The van der Waals surface area contributed by atoms with Crippen molar-refractivity contribution in [3.8, 4) is 5.75 Å². The zero-order valence-corrected chi connectivity index (χ0v) is 11.5. The number of nitrogens with zero attached hydrogens (tertiary/aromatic N) is 3. The molecule has 20 heavy (non-hydrogen) atoms. The molecule has 1 aromatic rings. The molecule has 0 saturated carbocycles. The highest BCUT2D eigenvalue weighted by atomic mass is 16.9. The van der Waals surface area contributed by atoms with Crippen molar-refractivity contribution in [1.29, 1.82) is 5.41 Å². The molecule has 0 saturated heterocycles. The number of likely N-dealkylation sites (N-methyl/N-ethyl adjacent to an activating group) is 1. The zero-order valence-electron chi connectivity index (χ0n) is 11.5. The summed E-state index contributed by atoms with van der Waals surface area (Å²) in [6.45, 7) is 2.99. The van der Waals surface area contributed by atoms with Gasteiger partial charge in [-0.25, -0.2) is 5.01 Å². The number of benzene rings is 1. The van der Waals surface area contributed by atoms with Gasteiger partial charge in [0.25, 0.3) is 5.91 Å². The van der Waals surface area contributed by atoms with Crippen LogP contribution < -0.4 is 4.84 Å². The summed E-state index contributed by atoms with van der Waals surface area (Å²) in [7, 11) is 1.47. The number of hydrazone groups is 1. The second-order valence-corrected chi connectivity index (χ2v) is 4.53. The number of hydrogen-bond donors (Lipinski definition) is 2. The van der Waals surface area contributed by atoms with E-state index in [1.54, 1.807) is 37.3 Å². The average Bonchev–Trinajstić information content (AvgIpc) is 2.62. The van der Waals surface area contributed by atoms with Crippen molar-refractivity contribution in [2.45, 2.75) is 19.4 Å². The summed E-state index contributed by atoms with van der Waals surface area (Å²) in [5.74, 6) is -0.188. The molecule has 1 heterocycles. The number of amides is 1. The third kappa shape index (κ3) is 1.97. The maximum atomic E-state index is 12.3. The molecule has 0 aliphatic carbocycles. The van der Waals surface area contributed by atoms with Gasteiger partial charge < -0.3 is 10.2 Å². The van der Waals surface area contributed by atoms with E-state index in [2.05, 4.69) is 5.10 Å². The predicted molar refractivity (Wildman–Crippen MR) is 72.7 cm³/mol. The lowest BCUT2D eigenvalue weighted by atomic mass is 9.89. The Hall–Kier alpha value is -2.25. The largest absolute Gasteiger partial charge is 0.379 e. The van der Waals surface area contributed by atoms with Gasteiger partial charge in [0.15, 0.2) is 5.75 Å². The molecule has 1 aliphatic rings. The number of nitrogens with one attached hydrogen (secondary N) is 1. The van der Waals surface area contributed by atoms with Gasteiger partial charge in [0, 0.05) is 18.0 Å². The second-order valence-electron chi connectivity index (χ2n) is 4.53. The van der Waals surface area contributed by atoms with Crippen molar-refractivity contribution in [3.63, 3.8) is 0 Å². The Morgan fingerprint density at radius 1 is 1.45 bits per heavy atom. The standard InChI is InChI=1S/C13H16N4O3/c1-9(14)13(10(2)15-16(3)12(13)18)17(19)20-11-7-5-4-6-8-11/h4-8,14,19H,1-3H3. The minimum absolute atomic E-state index is 0.0773. The van der Waals surface area contributed by atoms with Crippen LogP contribution in [0.1, 0.15) is 13.8 Å². The molecule has 1 aromatic carbocycles. The minimum atomic E-state index is -1.72. The van der Waals surface area contributed by atoms with Gasteiger partial charge in [-0.1, -0.05) is 18.2 Å². The van der Waals surface area contributed by atoms with Crippen LogP contribution in [0.5, 0.6) is 5.75 Å². The molecule has 0 fully saturated rings. The van der Waals surface area contributed by atoms with E-state index in [1.165, 1.54) is 14.0 Å². The third-order valence-electron chi connectivity index (χ3n) is 3.19. The van der Waals surface area contributed by atoms with Crippen LogP contribution in [-0.4, -0.2) is 45.4 Å². The first-order valence-electron chi connectivity index (χ1n) is 6.02. The molecule has 0 bridgehead atoms. The van der Waals surface area contributed by atoms with E-state index in [9.17, 15) is 10.0 Å². The van der Waals surface area contributed by atoms with Gasteiger partial charge in [0.2, 0.25) is 5.54 Å². The molecule has 1 amide bonds. The number of rotatable bonds is 4. The van der Waals surface area contributed by atoms with Crippen molar-refractivity contribution in [2.24, 2.45) is 5.10 Å². The smallest absolute Gasteiger partial charge is 0.280 e. The van der Waals surface area contributed by atoms with Gasteiger partial charge in [0.1, 0.15) is 0 Å². The molecule has 0 radical (unpaired) electrons. The van der Waals surface area contributed by atoms with Crippen LogP contribution in [0.3, 0.4) is 0 Å². The van der Waals surface area contributed by atoms with E-state index >= 15 is 0 Å². The van der Waals surface area contributed by atoms with Gasteiger partial charge in [-0.3, -0.25) is 10.0 Å². The van der Waals surface area contributed by atoms with Crippen molar-refractivity contribution >= 4 is 17.3 Å². The van der Waals surface area contributed by atoms with Crippen molar-refractivity contribution < 1.29 is 14.8 Å². The molecule has 1 unspecified atom stereocenters. The first kappa shape index (κ1) is 14.2. The summed E-state index contributed by atoms with van der Waals surface area (Å²) in [6, 6.07) is 8.53. The van der Waals surface area contributed by atoms with Crippen LogP contribution >= 0.6 is 0 Å². The first-order valence-corrected chi connectivity index (χ1v) is 6.02. The molecule has 106 valence electrons. The lowest BCUT2D eigenvalue weighted by Gasteiger charge is -2.32. The second kappa shape index (κ2) is 5.03. The molecule has 2 rings (SSSR count). The highest BCUT2D eigenvalue weighted by Gasteiger charge is 2.57. The van der Waals surface area contributed by atoms with Gasteiger partial charge in [0.05, 0.1) is 5.71 Å². The Balaban J connectivity index is 2.37. The number of para-hydroxylation sites is 1. The van der Waals surface area contributed by atoms with Gasteiger partial charge in [-0.05, 0) is 26.0 Å². The lowest BCUT2D eigenvalue weighted by molar-refractivity contribution is -0.302. The number of hydrogen-bond acceptors (Lipinski definition) is 6. The SMILES string of the molecule is CC(=N)C1(N(O)Oc2ccccc2)C(=O)N(C)N=C1C. The summed E-state index contributed by atoms with van der Waals surface area (Å²) in [4.78, 5) is 17.6. The molecular formula is C13H16N4O3. The fourth-order valence-electron chi connectivity index (χ4n) is 2.18. The summed E-state index contributed by atoms with van der Waals surface area (Å²) in [6.07, 6.45) is 0. The maximum Gasteiger partial charge on any atom is 0.280 e. The molecular weight excluding hydrogens is 260 g/mol. The van der Waals surface area contributed by atoms with Crippen molar-refractivity contribution in [2.75, 3.05) is 7.05 Å². The van der Waals surface area contributed by atoms with E-state index in [1.807, 2.05) is 0 Å². The number of carbonyl (C=O) groups is 1. The monoisotopic (exact) mass is 276 g/mol. The Kier molecular flexibility index (Phi) is 3.56. The molecule has 7 heteroatoms. The number of hydroxylamine groups is 2. The van der Waals surface area contributed by atoms with Gasteiger partial charge >= 0.3 is 0 Å². The van der Waals surface area contributed by atoms with Crippen LogP contribution in [-0.2, 0) is 4.79 Å². The maximum absolute atomic E-state index is 12.3. The van der Waals surface area contributed by atoms with E-state index in [0.717, 1.165) is 5.01 Å². The van der Waals surface area contributed by atoms with E-state index < -0.39 is 11.4 Å². The molecule has 7 nitrogen and oxygen atoms in total. The fraction of sp³-hybridized carbons (Fsp3) is 0.308. The summed E-state index contributed by atoms with van der Waals surface area (Å²) in [5.41, 5.74) is -1.52. The Morgan fingerprint density at radius 2 is 2.05 bits per heavy atom. The third-order valence-corrected chi connectivity index (χ3v) is 3.19. The van der Waals surface area contributed by atoms with Gasteiger partial charge in [-0.2, -0.15) is 5.10 Å². The average molecular weight is 276 g/mol. The Labute approximate surface area is 116 Å². The summed E-state index contributed by atoms with van der Waals surface area (Å²) < 4.78 is 0.